The van der Waals surface area contributed by atoms with Crippen molar-refractivity contribution < 1.29 is 18.6 Å². The molecule has 0 bridgehead atoms. The Morgan fingerprint density at radius 2 is 1.82 bits per heavy atom. The van der Waals surface area contributed by atoms with Crippen molar-refractivity contribution >= 4 is 34.4 Å². The van der Waals surface area contributed by atoms with E-state index in [0.29, 0.717) is 34.2 Å². The third-order valence-electron chi connectivity index (χ3n) is 3.84. The Morgan fingerprint density at radius 3 is 2.43 bits per heavy atom. The van der Waals surface area contributed by atoms with Gasteiger partial charge in [-0.1, -0.05) is 15.9 Å². The van der Waals surface area contributed by atoms with Crippen LogP contribution >= 0.6 is 28.1 Å². The molecule has 0 saturated carbocycles. The second-order valence-electron chi connectivity index (χ2n) is 5.49. The molecule has 0 aliphatic heterocycles. The van der Waals surface area contributed by atoms with Gasteiger partial charge in [-0.2, -0.15) is 14.9 Å². The van der Waals surface area contributed by atoms with Crippen LogP contribution in [-0.2, 0) is 0 Å². The zero-order chi connectivity index (χ0) is 20.3. The van der Waals surface area contributed by atoms with Crippen LogP contribution in [0, 0.1) is 10.6 Å². The maximum Gasteiger partial charge on any atom is 0.216 e. The van der Waals surface area contributed by atoms with Crippen molar-refractivity contribution in [2.24, 2.45) is 5.10 Å². The van der Waals surface area contributed by atoms with Gasteiger partial charge in [-0.25, -0.2) is 9.49 Å². The van der Waals surface area contributed by atoms with Crippen molar-refractivity contribution in [1.82, 2.24) is 14.9 Å². The number of aromatic amines is 1. The SMILES string of the molecule is COc1cc(-c2n[nH]c(=S)n2/N=C\c2cc(Br)ccc2F)cc(OC)c1OC. The number of hydrogen-bond acceptors (Lipinski definition) is 6. The van der Waals surface area contributed by atoms with Gasteiger partial charge in [-0.05, 0) is 42.5 Å². The van der Waals surface area contributed by atoms with Crippen LogP contribution in [0.1, 0.15) is 5.56 Å². The summed E-state index contributed by atoms with van der Waals surface area (Å²) in [4.78, 5) is 0. The number of benzene rings is 2. The van der Waals surface area contributed by atoms with Crippen LogP contribution in [0.4, 0.5) is 4.39 Å². The summed E-state index contributed by atoms with van der Waals surface area (Å²) in [7, 11) is 4.56. The summed E-state index contributed by atoms with van der Waals surface area (Å²) < 4.78 is 32.4. The molecule has 1 N–H and O–H groups in total. The van der Waals surface area contributed by atoms with E-state index in [0.717, 1.165) is 4.47 Å². The van der Waals surface area contributed by atoms with Crippen LogP contribution in [0.3, 0.4) is 0 Å². The summed E-state index contributed by atoms with van der Waals surface area (Å²) in [6.45, 7) is 0. The number of methoxy groups -OCH3 is 3. The molecule has 0 spiro atoms. The molecule has 0 saturated heterocycles. The zero-order valence-corrected chi connectivity index (χ0v) is 17.6. The summed E-state index contributed by atoms with van der Waals surface area (Å²) in [6, 6.07) is 8.01. The quantitative estimate of drug-likeness (QED) is 0.429. The topological polar surface area (TPSA) is 73.7 Å². The Kier molecular flexibility index (Phi) is 6.10. The van der Waals surface area contributed by atoms with Crippen molar-refractivity contribution in [3.05, 3.63) is 51.0 Å². The maximum atomic E-state index is 14.0. The van der Waals surface area contributed by atoms with Crippen LogP contribution in [-0.4, -0.2) is 42.4 Å². The Bertz CT molecular complexity index is 1070. The fourth-order valence-electron chi connectivity index (χ4n) is 2.53. The summed E-state index contributed by atoms with van der Waals surface area (Å²) >= 11 is 8.57. The van der Waals surface area contributed by atoms with Crippen molar-refractivity contribution in [3.63, 3.8) is 0 Å². The molecule has 0 unspecified atom stereocenters. The maximum absolute atomic E-state index is 14.0. The molecular formula is C18H16BrFN4O3S. The fourth-order valence-corrected chi connectivity index (χ4v) is 3.09. The molecule has 0 aliphatic carbocycles. The molecule has 0 aliphatic rings. The highest BCUT2D eigenvalue weighted by Crippen LogP contribution is 2.40. The number of aromatic nitrogens is 3. The summed E-state index contributed by atoms with van der Waals surface area (Å²) in [6.07, 6.45) is 1.37. The highest BCUT2D eigenvalue weighted by atomic mass is 79.9. The van der Waals surface area contributed by atoms with E-state index < -0.39 is 5.82 Å². The van der Waals surface area contributed by atoms with Crippen molar-refractivity contribution in [1.29, 1.82) is 0 Å². The van der Waals surface area contributed by atoms with Crippen molar-refractivity contribution in [3.8, 4) is 28.6 Å². The van der Waals surface area contributed by atoms with Crippen molar-refractivity contribution in [2.45, 2.75) is 0 Å². The molecule has 0 radical (unpaired) electrons. The molecule has 1 aromatic heterocycles. The molecule has 7 nitrogen and oxygen atoms in total. The third kappa shape index (κ3) is 3.92. The van der Waals surface area contributed by atoms with E-state index in [9.17, 15) is 4.39 Å². The van der Waals surface area contributed by atoms with Gasteiger partial charge in [0.05, 0.1) is 27.5 Å². The van der Waals surface area contributed by atoms with Crippen LogP contribution in [0.15, 0.2) is 39.9 Å². The van der Waals surface area contributed by atoms with Crippen LogP contribution in [0.2, 0.25) is 0 Å². The lowest BCUT2D eigenvalue weighted by atomic mass is 10.1. The van der Waals surface area contributed by atoms with E-state index >= 15 is 0 Å². The van der Waals surface area contributed by atoms with Crippen LogP contribution in [0.25, 0.3) is 11.4 Å². The lowest BCUT2D eigenvalue weighted by Crippen LogP contribution is -1.99. The molecule has 0 amide bonds. The Balaban J connectivity index is 2.10. The predicted octanol–water partition coefficient (Wildman–Crippen LogP) is 4.42. The number of hydrogen-bond donors (Lipinski definition) is 1. The molecule has 10 heteroatoms. The van der Waals surface area contributed by atoms with Gasteiger partial charge >= 0.3 is 0 Å². The van der Waals surface area contributed by atoms with E-state index in [2.05, 4.69) is 31.2 Å². The predicted molar refractivity (Wildman–Crippen MR) is 110 cm³/mol. The smallest absolute Gasteiger partial charge is 0.216 e. The summed E-state index contributed by atoms with van der Waals surface area (Å²) in [5, 5.41) is 11.2. The molecule has 3 aromatic rings. The average Bonchev–Trinajstić information content (AvgIpc) is 3.07. The number of nitrogens with one attached hydrogen (secondary N) is 1. The standard InChI is InChI=1S/C18H16BrFN4O3S/c1-25-14-7-10(8-15(26-2)16(14)27-3)17-22-23-18(28)24(17)21-9-11-6-12(19)4-5-13(11)20/h4-9H,1-3H3,(H,23,28)/b21-9-. The number of ether oxygens (including phenoxy) is 3. The van der Waals surface area contributed by atoms with E-state index in [1.165, 1.54) is 38.3 Å². The lowest BCUT2D eigenvalue weighted by Gasteiger charge is -2.13. The lowest BCUT2D eigenvalue weighted by molar-refractivity contribution is 0.324. The largest absolute Gasteiger partial charge is 0.493 e. The second kappa shape index (κ2) is 8.53. The van der Waals surface area contributed by atoms with Gasteiger partial charge in [-0.15, -0.1) is 0 Å². The minimum atomic E-state index is -0.406. The van der Waals surface area contributed by atoms with Gasteiger partial charge in [0.2, 0.25) is 10.5 Å². The highest BCUT2D eigenvalue weighted by molar-refractivity contribution is 9.10. The molecule has 28 heavy (non-hydrogen) atoms. The molecule has 146 valence electrons. The number of halogens is 2. The molecule has 3 rings (SSSR count). The minimum absolute atomic E-state index is 0.246. The Morgan fingerprint density at radius 1 is 1.14 bits per heavy atom. The first-order valence-corrected chi connectivity index (χ1v) is 9.15. The minimum Gasteiger partial charge on any atom is -0.493 e. The average molecular weight is 467 g/mol. The van der Waals surface area contributed by atoms with Gasteiger partial charge in [-0.3, -0.25) is 0 Å². The normalized spacial score (nSPS) is 11.0. The molecule has 1 heterocycles. The first kappa shape index (κ1) is 20.0. The first-order chi connectivity index (χ1) is 13.5. The molecular weight excluding hydrogens is 451 g/mol. The van der Waals surface area contributed by atoms with Gasteiger partial charge in [0.1, 0.15) is 5.82 Å². The number of rotatable bonds is 6. The van der Waals surface area contributed by atoms with Gasteiger partial charge in [0.25, 0.3) is 0 Å². The Hall–Kier alpha value is -2.72. The fraction of sp³-hybridized carbons (Fsp3) is 0.167. The molecule has 0 fully saturated rings. The second-order valence-corrected chi connectivity index (χ2v) is 6.79. The van der Waals surface area contributed by atoms with Crippen LogP contribution < -0.4 is 14.2 Å². The number of nitrogens with zero attached hydrogens (tertiary/aromatic N) is 3. The van der Waals surface area contributed by atoms with Crippen LogP contribution in [0.5, 0.6) is 17.2 Å². The third-order valence-corrected chi connectivity index (χ3v) is 4.60. The van der Waals surface area contributed by atoms with E-state index in [1.807, 2.05) is 0 Å². The van der Waals surface area contributed by atoms with E-state index in [-0.39, 0.29) is 4.77 Å². The zero-order valence-electron chi connectivity index (χ0n) is 15.2. The number of H-pyrrole nitrogens is 1. The highest BCUT2D eigenvalue weighted by Gasteiger charge is 2.17. The summed E-state index contributed by atoms with van der Waals surface area (Å²) in [5.74, 6) is 1.36. The first-order valence-electron chi connectivity index (χ1n) is 7.95. The monoisotopic (exact) mass is 466 g/mol. The van der Waals surface area contributed by atoms with Crippen molar-refractivity contribution in [2.75, 3.05) is 21.3 Å². The van der Waals surface area contributed by atoms with Gasteiger partial charge < -0.3 is 14.2 Å². The molecule has 0 atom stereocenters. The van der Waals surface area contributed by atoms with Gasteiger partial charge in [0.15, 0.2) is 17.3 Å². The van der Waals surface area contributed by atoms with E-state index in [1.54, 1.807) is 24.3 Å². The Labute approximate surface area is 173 Å². The van der Waals surface area contributed by atoms with E-state index in [4.69, 9.17) is 26.4 Å². The van der Waals surface area contributed by atoms with Gasteiger partial charge in [0, 0.05) is 15.6 Å². The summed E-state index contributed by atoms with van der Waals surface area (Å²) in [5.41, 5.74) is 0.919. The molecule has 2 aromatic carbocycles.